The van der Waals surface area contributed by atoms with Gasteiger partial charge in [-0.25, -0.2) is 19.2 Å². The van der Waals surface area contributed by atoms with Crippen molar-refractivity contribution in [1.82, 2.24) is 25.5 Å². The summed E-state index contributed by atoms with van der Waals surface area (Å²) >= 11 is 6.07. The lowest BCUT2D eigenvalue weighted by Crippen LogP contribution is -2.53. The van der Waals surface area contributed by atoms with Crippen LogP contribution in [0.1, 0.15) is 5.82 Å². The third kappa shape index (κ3) is 3.60. The lowest BCUT2D eigenvalue weighted by molar-refractivity contribution is 0.0191. The van der Waals surface area contributed by atoms with Crippen LogP contribution in [0.4, 0.5) is 15.0 Å². The molecule has 4 heterocycles. The molecule has 1 aromatic heterocycles. The number of hydrogen-bond acceptors (Lipinski definition) is 7. The first-order chi connectivity index (χ1) is 13.5. The van der Waals surface area contributed by atoms with Crippen molar-refractivity contribution in [3.05, 3.63) is 46.9 Å². The highest BCUT2D eigenvalue weighted by Crippen LogP contribution is 2.31. The predicted molar refractivity (Wildman–Crippen MR) is 101 cm³/mol. The molecule has 3 aliphatic heterocycles. The highest BCUT2D eigenvalue weighted by molar-refractivity contribution is 6.31. The second-order valence-corrected chi connectivity index (χ2v) is 6.92. The molecule has 0 bridgehead atoms. The molecule has 3 aliphatic rings. The van der Waals surface area contributed by atoms with Crippen molar-refractivity contribution in [1.29, 1.82) is 0 Å². The Bertz CT molecular complexity index is 888. The number of aromatic nitrogens is 2. The number of dihydropyridines is 1. The standard InChI is InChI=1S/C17H19ClFN7O2/c18-9-3-11-12(6-23-14(11)21-4-9)15-24-7-13(19)16(25-15)22-5-10-8-28-2-1-26(10)17(20)27/h3-4,6-7,10,14,21,23H,1-2,5,8H2,(H2,20,27)(H,22,24,25). The number of nitrogens with one attached hydrogen (secondary N) is 3. The van der Waals surface area contributed by atoms with Crippen LogP contribution in [0.15, 0.2) is 35.3 Å². The monoisotopic (exact) mass is 407 g/mol. The number of ether oxygens (including phenoxy) is 1. The van der Waals surface area contributed by atoms with Crippen LogP contribution >= 0.6 is 11.6 Å². The van der Waals surface area contributed by atoms with E-state index in [1.54, 1.807) is 18.5 Å². The number of carbonyl (C=O) groups excluding carboxylic acids is 1. The number of morpholine rings is 1. The zero-order valence-corrected chi connectivity index (χ0v) is 15.5. The molecule has 11 heteroatoms. The van der Waals surface area contributed by atoms with Crippen molar-refractivity contribution in [3.8, 4) is 0 Å². The summed E-state index contributed by atoms with van der Waals surface area (Å²) in [4.78, 5) is 21.5. The minimum atomic E-state index is -0.595. The minimum Gasteiger partial charge on any atom is -0.377 e. The number of amides is 2. The van der Waals surface area contributed by atoms with E-state index in [4.69, 9.17) is 22.1 Å². The fourth-order valence-corrected chi connectivity index (χ4v) is 3.47. The van der Waals surface area contributed by atoms with E-state index in [2.05, 4.69) is 25.9 Å². The molecule has 1 fully saturated rings. The van der Waals surface area contributed by atoms with Crippen molar-refractivity contribution >= 4 is 29.0 Å². The number of allylic oxidation sites excluding steroid dienone is 2. The smallest absolute Gasteiger partial charge is 0.315 e. The molecule has 0 saturated carbocycles. The second kappa shape index (κ2) is 7.64. The normalized spacial score (nSPS) is 23.6. The molecule has 5 N–H and O–H groups in total. The fourth-order valence-electron chi connectivity index (χ4n) is 3.29. The Morgan fingerprint density at radius 3 is 3.11 bits per heavy atom. The summed E-state index contributed by atoms with van der Waals surface area (Å²) in [7, 11) is 0. The summed E-state index contributed by atoms with van der Waals surface area (Å²) in [5, 5.41) is 9.74. The number of halogens is 2. The molecule has 1 saturated heterocycles. The Morgan fingerprint density at radius 1 is 1.46 bits per heavy atom. The molecule has 2 amide bonds. The predicted octanol–water partition coefficient (Wildman–Crippen LogP) is 0.687. The number of hydrogen-bond donors (Lipinski definition) is 4. The molecular formula is C17H19ClFN7O2. The van der Waals surface area contributed by atoms with E-state index < -0.39 is 11.8 Å². The SMILES string of the molecule is NC(=O)N1CCOCC1CNc1nc(C2=CNC3NC=C(Cl)C=C23)ncc1F. The molecule has 9 nitrogen and oxygen atoms in total. The van der Waals surface area contributed by atoms with E-state index in [-0.39, 0.29) is 24.6 Å². The number of nitrogens with zero attached hydrogens (tertiary/aromatic N) is 3. The van der Waals surface area contributed by atoms with Crippen LogP contribution in [0.5, 0.6) is 0 Å². The van der Waals surface area contributed by atoms with Crippen LogP contribution in [0.2, 0.25) is 0 Å². The van der Waals surface area contributed by atoms with Crippen LogP contribution in [0.3, 0.4) is 0 Å². The lowest BCUT2D eigenvalue weighted by Gasteiger charge is -2.34. The summed E-state index contributed by atoms with van der Waals surface area (Å²) in [6, 6.07) is -0.844. The van der Waals surface area contributed by atoms with Gasteiger partial charge in [0.1, 0.15) is 6.17 Å². The number of anilines is 1. The summed E-state index contributed by atoms with van der Waals surface area (Å²) in [6.45, 7) is 1.38. The van der Waals surface area contributed by atoms with E-state index in [0.717, 1.165) is 11.8 Å². The van der Waals surface area contributed by atoms with Crippen molar-refractivity contribution in [3.63, 3.8) is 0 Å². The zero-order chi connectivity index (χ0) is 19.7. The highest BCUT2D eigenvalue weighted by atomic mass is 35.5. The Kier molecular flexibility index (Phi) is 5.05. The van der Waals surface area contributed by atoms with E-state index in [1.807, 2.05) is 0 Å². The van der Waals surface area contributed by atoms with Crippen LogP contribution in [-0.2, 0) is 4.74 Å². The summed E-state index contributed by atoms with van der Waals surface area (Å²) in [5.41, 5.74) is 6.98. The lowest BCUT2D eigenvalue weighted by atomic mass is 10.0. The second-order valence-electron chi connectivity index (χ2n) is 6.48. The Hall–Kier alpha value is -2.85. The van der Waals surface area contributed by atoms with Crippen LogP contribution in [0.25, 0.3) is 5.57 Å². The molecule has 2 unspecified atom stereocenters. The van der Waals surface area contributed by atoms with Crippen molar-refractivity contribution in [2.24, 2.45) is 5.73 Å². The first kappa shape index (κ1) is 18.5. The van der Waals surface area contributed by atoms with Crippen LogP contribution in [0, 0.1) is 5.82 Å². The van der Waals surface area contributed by atoms with Gasteiger partial charge in [0.2, 0.25) is 0 Å². The molecule has 4 rings (SSSR count). The van der Waals surface area contributed by atoms with E-state index in [1.165, 1.54) is 4.90 Å². The van der Waals surface area contributed by atoms with Gasteiger partial charge in [-0.2, -0.15) is 0 Å². The Labute approximate surface area is 165 Å². The average molecular weight is 408 g/mol. The van der Waals surface area contributed by atoms with Crippen LogP contribution in [-0.4, -0.2) is 59.4 Å². The van der Waals surface area contributed by atoms with Gasteiger partial charge >= 0.3 is 6.03 Å². The van der Waals surface area contributed by atoms with Crippen molar-refractivity contribution < 1.29 is 13.9 Å². The van der Waals surface area contributed by atoms with E-state index in [9.17, 15) is 9.18 Å². The minimum absolute atomic E-state index is 0.0374. The summed E-state index contributed by atoms with van der Waals surface area (Å²) in [6.07, 6.45) is 6.23. The van der Waals surface area contributed by atoms with Gasteiger partial charge in [0, 0.05) is 36.6 Å². The number of rotatable bonds is 4. The van der Waals surface area contributed by atoms with Gasteiger partial charge in [-0.15, -0.1) is 0 Å². The summed E-state index contributed by atoms with van der Waals surface area (Å²) < 4.78 is 19.6. The number of fused-ring (bicyclic) bond motifs is 1. The summed E-state index contributed by atoms with van der Waals surface area (Å²) in [5.74, 6) is -0.205. The molecular weight excluding hydrogens is 389 g/mol. The molecule has 0 radical (unpaired) electrons. The number of nitrogens with two attached hydrogens (primary N) is 1. The molecule has 148 valence electrons. The van der Waals surface area contributed by atoms with E-state index in [0.29, 0.717) is 36.2 Å². The average Bonchev–Trinajstić information content (AvgIpc) is 3.10. The van der Waals surface area contributed by atoms with Crippen molar-refractivity contribution in [2.45, 2.75) is 12.2 Å². The highest BCUT2D eigenvalue weighted by Gasteiger charge is 2.29. The van der Waals surface area contributed by atoms with Gasteiger partial charge in [-0.1, -0.05) is 11.6 Å². The van der Waals surface area contributed by atoms with Crippen molar-refractivity contribution in [2.75, 3.05) is 31.6 Å². The number of carbonyl (C=O) groups is 1. The number of urea groups is 1. The maximum absolute atomic E-state index is 14.2. The van der Waals surface area contributed by atoms with Gasteiger partial charge < -0.3 is 31.3 Å². The molecule has 0 aliphatic carbocycles. The third-order valence-corrected chi connectivity index (χ3v) is 4.92. The fraction of sp³-hybridized carbons (Fsp3) is 0.353. The maximum atomic E-state index is 14.2. The van der Waals surface area contributed by atoms with Crippen LogP contribution < -0.4 is 21.7 Å². The number of primary amides is 1. The van der Waals surface area contributed by atoms with Gasteiger partial charge in [-0.3, -0.25) is 0 Å². The molecule has 0 spiro atoms. The Morgan fingerprint density at radius 2 is 2.29 bits per heavy atom. The first-order valence-electron chi connectivity index (χ1n) is 8.73. The first-order valence-corrected chi connectivity index (χ1v) is 9.11. The Balaban J connectivity index is 1.52. The van der Waals surface area contributed by atoms with Gasteiger partial charge in [0.15, 0.2) is 17.5 Å². The zero-order valence-electron chi connectivity index (χ0n) is 14.8. The largest absolute Gasteiger partial charge is 0.377 e. The van der Waals surface area contributed by atoms with Gasteiger partial charge in [0.05, 0.1) is 30.5 Å². The molecule has 1 aromatic rings. The molecule has 0 aromatic carbocycles. The van der Waals surface area contributed by atoms with E-state index >= 15 is 0 Å². The van der Waals surface area contributed by atoms with Gasteiger partial charge in [0.25, 0.3) is 0 Å². The molecule has 2 atom stereocenters. The maximum Gasteiger partial charge on any atom is 0.315 e. The quantitative estimate of drug-likeness (QED) is 0.580. The topological polar surface area (TPSA) is 117 Å². The molecule has 28 heavy (non-hydrogen) atoms. The van der Waals surface area contributed by atoms with Gasteiger partial charge in [-0.05, 0) is 6.08 Å². The third-order valence-electron chi connectivity index (χ3n) is 4.70.